The average Bonchev–Trinajstić information content (AvgIpc) is 3.13. The van der Waals surface area contributed by atoms with E-state index in [1.165, 1.54) is 6.07 Å². The first-order chi connectivity index (χ1) is 14.4. The summed E-state index contributed by atoms with van der Waals surface area (Å²) in [6, 6.07) is 4.25. The van der Waals surface area contributed by atoms with Crippen LogP contribution in [0.5, 0.6) is 0 Å². The predicted molar refractivity (Wildman–Crippen MR) is 126 cm³/mol. The molecule has 2 heterocycles. The number of hydrogen-bond acceptors (Lipinski definition) is 3. The molecule has 5 atom stereocenters. The normalized spacial score (nSPS) is 31.5. The van der Waals surface area contributed by atoms with Gasteiger partial charge in [-0.1, -0.05) is 39.3 Å². The lowest BCUT2D eigenvalue weighted by Gasteiger charge is -2.48. The minimum Gasteiger partial charge on any atom is -0.389 e. The highest BCUT2D eigenvalue weighted by Crippen LogP contribution is 2.41. The number of benzene rings is 1. The summed E-state index contributed by atoms with van der Waals surface area (Å²) in [6.07, 6.45) is 1.61. The van der Waals surface area contributed by atoms with Gasteiger partial charge < -0.3 is 10.0 Å². The van der Waals surface area contributed by atoms with Gasteiger partial charge in [0.15, 0.2) is 11.6 Å². The van der Waals surface area contributed by atoms with Crippen molar-refractivity contribution >= 4 is 18.3 Å². The standard InChI is InChI=1S/C25H38F2N2O2.ClH/c1-7-11-25(31)16(2)12-28(13-17(25)3)23(30)20-15-29(24(4,5)6)14-19(20)18-9-8-10-21(26)22(18)27;/h8-10,16-17,19-20,31H,7,11-15H2,1-6H3;1H/t16-,17+,19-,20+,25?;/m0./s1. The Labute approximate surface area is 197 Å². The number of carbonyl (C=O) groups excluding carboxylic acids is 1. The lowest BCUT2D eigenvalue weighted by Crippen LogP contribution is -2.58. The highest BCUT2D eigenvalue weighted by molar-refractivity contribution is 5.85. The molecule has 1 amide bonds. The molecule has 4 nitrogen and oxygen atoms in total. The van der Waals surface area contributed by atoms with Crippen molar-refractivity contribution in [1.82, 2.24) is 9.80 Å². The fourth-order valence-corrected chi connectivity index (χ4v) is 5.57. The number of aliphatic hydroxyl groups is 1. The van der Waals surface area contributed by atoms with E-state index in [0.29, 0.717) is 26.2 Å². The molecular formula is C25H39ClF2N2O2. The number of piperidine rings is 1. The third-order valence-electron chi connectivity index (χ3n) is 7.62. The third kappa shape index (κ3) is 4.97. The van der Waals surface area contributed by atoms with Crippen molar-refractivity contribution in [3.05, 3.63) is 35.4 Å². The Morgan fingerprint density at radius 2 is 1.72 bits per heavy atom. The fourth-order valence-electron chi connectivity index (χ4n) is 5.57. The quantitative estimate of drug-likeness (QED) is 0.681. The monoisotopic (exact) mass is 472 g/mol. The van der Waals surface area contributed by atoms with Crippen LogP contribution in [0.3, 0.4) is 0 Å². The van der Waals surface area contributed by atoms with Crippen LogP contribution in [0.4, 0.5) is 8.78 Å². The van der Waals surface area contributed by atoms with Crippen molar-refractivity contribution in [3.63, 3.8) is 0 Å². The van der Waals surface area contributed by atoms with Crippen LogP contribution in [0.15, 0.2) is 18.2 Å². The van der Waals surface area contributed by atoms with E-state index in [1.807, 2.05) is 18.7 Å². The molecule has 32 heavy (non-hydrogen) atoms. The van der Waals surface area contributed by atoms with E-state index in [2.05, 4.69) is 32.6 Å². The summed E-state index contributed by atoms with van der Waals surface area (Å²) in [5.74, 6) is -2.65. The Hall–Kier alpha value is -1.24. The molecule has 1 aromatic carbocycles. The first-order valence-corrected chi connectivity index (χ1v) is 11.6. The van der Waals surface area contributed by atoms with Crippen LogP contribution < -0.4 is 0 Å². The predicted octanol–water partition coefficient (Wildman–Crippen LogP) is 4.85. The molecule has 2 aliphatic heterocycles. The van der Waals surface area contributed by atoms with Gasteiger partial charge in [-0.3, -0.25) is 9.69 Å². The van der Waals surface area contributed by atoms with Gasteiger partial charge in [-0.25, -0.2) is 8.78 Å². The minimum absolute atomic E-state index is 0. The molecule has 0 radical (unpaired) electrons. The van der Waals surface area contributed by atoms with Gasteiger partial charge in [-0.05, 0) is 38.8 Å². The molecule has 182 valence electrons. The Morgan fingerprint density at radius 1 is 1.12 bits per heavy atom. The molecule has 1 N–H and O–H groups in total. The first kappa shape index (κ1) is 27.0. The summed E-state index contributed by atoms with van der Waals surface area (Å²) in [6.45, 7) is 14.3. The van der Waals surface area contributed by atoms with Gasteiger partial charge in [-0.15, -0.1) is 12.4 Å². The maximum atomic E-state index is 14.7. The Bertz CT molecular complexity index is 802. The number of carbonyl (C=O) groups is 1. The third-order valence-corrected chi connectivity index (χ3v) is 7.62. The van der Waals surface area contributed by atoms with Gasteiger partial charge in [0.05, 0.1) is 11.5 Å². The molecule has 0 saturated carbocycles. The van der Waals surface area contributed by atoms with Crippen LogP contribution >= 0.6 is 12.4 Å². The number of likely N-dealkylation sites (tertiary alicyclic amines) is 2. The van der Waals surface area contributed by atoms with E-state index in [0.717, 1.165) is 18.9 Å². The van der Waals surface area contributed by atoms with E-state index in [-0.39, 0.29) is 41.3 Å². The molecule has 0 bridgehead atoms. The highest BCUT2D eigenvalue weighted by atomic mass is 35.5. The maximum absolute atomic E-state index is 14.7. The molecule has 2 saturated heterocycles. The zero-order valence-corrected chi connectivity index (χ0v) is 21.0. The molecule has 7 heteroatoms. The van der Waals surface area contributed by atoms with Crippen molar-refractivity contribution in [2.45, 2.75) is 71.4 Å². The van der Waals surface area contributed by atoms with Gasteiger partial charge in [0.1, 0.15) is 0 Å². The van der Waals surface area contributed by atoms with Gasteiger partial charge in [0.2, 0.25) is 5.91 Å². The van der Waals surface area contributed by atoms with Gasteiger partial charge in [-0.2, -0.15) is 0 Å². The summed E-state index contributed by atoms with van der Waals surface area (Å²) in [7, 11) is 0. The van der Waals surface area contributed by atoms with Gasteiger partial charge in [0, 0.05) is 49.5 Å². The van der Waals surface area contributed by atoms with Crippen LogP contribution in [0.1, 0.15) is 65.9 Å². The zero-order valence-electron chi connectivity index (χ0n) is 20.2. The van der Waals surface area contributed by atoms with Crippen molar-refractivity contribution < 1.29 is 18.7 Å². The summed E-state index contributed by atoms with van der Waals surface area (Å²) >= 11 is 0. The van der Waals surface area contributed by atoms with E-state index in [1.54, 1.807) is 6.07 Å². The number of amides is 1. The summed E-state index contributed by atoms with van der Waals surface area (Å²) in [5.41, 5.74) is -0.668. The Kier molecular flexibility index (Phi) is 8.39. The van der Waals surface area contributed by atoms with E-state index in [9.17, 15) is 18.7 Å². The molecule has 2 fully saturated rings. The van der Waals surface area contributed by atoms with Crippen molar-refractivity contribution in [1.29, 1.82) is 0 Å². The second-order valence-corrected chi connectivity index (χ2v) is 10.7. The molecule has 0 spiro atoms. The molecular weight excluding hydrogens is 434 g/mol. The lowest BCUT2D eigenvalue weighted by molar-refractivity contribution is -0.152. The van der Waals surface area contributed by atoms with Crippen LogP contribution in [0, 0.1) is 29.4 Å². The second kappa shape index (κ2) is 9.94. The molecule has 2 aliphatic rings. The zero-order chi connectivity index (χ0) is 23.1. The average molecular weight is 473 g/mol. The van der Waals surface area contributed by atoms with Gasteiger partial charge >= 0.3 is 0 Å². The Morgan fingerprint density at radius 3 is 2.25 bits per heavy atom. The van der Waals surface area contributed by atoms with Crippen molar-refractivity contribution in [2.75, 3.05) is 26.2 Å². The van der Waals surface area contributed by atoms with Crippen LogP contribution in [0.25, 0.3) is 0 Å². The van der Waals surface area contributed by atoms with Crippen LogP contribution in [0.2, 0.25) is 0 Å². The number of rotatable bonds is 4. The van der Waals surface area contributed by atoms with E-state index in [4.69, 9.17) is 0 Å². The van der Waals surface area contributed by atoms with E-state index >= 15 is 0 Å². The largest absolute Gasteiger partial charge is 0.389 e. The molecule has 0 aromatic heterocycles. The van der Waals surface area contributed by atoms with E-state index < -0.39 is 29.1 Å². The van der Waals surface area contributed by atoms with Crippen molar-refractivity contribution in [2.24, 2.45) is 17.8 Å². The first-order valence-electron chi connectivity index (χ1n) is 11.6. The highest BCUT2D eigenvalue weighted by Gasteiger charge is 2.49. The number of halogens is 3. The van der Waals surface area contributed by atoms with Crippen molar-refractivity contribution in [3.8, 4) is 0 Å². The number of hydrogen-bond donors (Lipinski definition) is 1. The van der Waals surface area contributed by atoms with Crippen LogP contribution in [-0.2, 0) is 4.79 Å². The Balaban J connectivity index is 0.00000363. The topological polar surface area (TPSA) is 43.8 Å². The SMILES string of the molecule is CCCC1(O)[C@H](C)CN(C(=O)[C@@H]2CN(C(C)(C)C)C[C@H]2c2cccc(F)c2F)C[C@@H]1C.Cl. The summed E-state index contributed by atoms with van der Waals surface area (Å²) in [4.78, 5) is 17.8. The molecule has 0 aliphatic carbocycles. The molecule has 3 rings (SSSR count). The lowest BCUT2D eigenvalue weighted by atomic mass is 9.72. The van der Waals surface area contributed by atoms with Gasteiger partial charge in [0.25, 0.3) is 0 Å². The fraction of sp³-hybridized carbons (Fsp3) is 0.720. The molecule has 1 unspecified atom stereocenters. The maximum Gasteiger partial charge on any atom is 0.227 e. The minimum atomic E-state index is -0.872. The van der Waals surface area contributed by atoms with Crippen LogP contribution in [-0.4, -0.2) is 58.1 Å². The summed E-state index contributed by atoms with van der Waals surface area (Å²) < 4.78 is 28.7. The molecule has 1 aromatic rings. The second-order valence-electron chi connectivity index (χ2n) is 10.7. The summed E-state index contributed by atoms with van der Waals surface area (Å²) in [5, 5.41) is 11.2. The smallest absolute Gasteiger partial charge is 0.227 e. The number of nitrogens with zero attached hydrogens (tertiary/aromatic N) is 2.